The Morgan fingerprint density at radius 2 is 1.25 bits per heavy atom. The van der Waals surface area contributed by atoms with Crippen molar-refractivity contribution in [3.05, 3.63) is 0 Å². The molecule has 1 nitrogen and oxygen atoms in total. The molecule has 0 bridgehead atoms. The minimum Gasteiger partial charge on any atom is -1.00 e. The molecule has 0 aromatic carbocycles. The Hall–Kier alpha value is 2.93. The van der Waals surface area contributed by atoms with Crippen molar-refractivity contribution in [1.82, 2.24) is 0 Å². The van der Waals surface area contributed by atoms with E-state index in [1.165, 1.54) is 0 Å². The Labute approximate surface area is 98.2 Å². The fraction of sp³-hybridized carbons (Fsp3) is 0. The molecule has 0 radical (unpaired) electrons. The van der Waals surface area contributed by atoms with Gasteiger partial charge in [0.2, 0.25) is 0 Å². The van der Waals surface area contributed by atoms with Gasteiger partial charge in [-0.05, 0) is 0 Å². The molecule has 0 heterocycles. The topological polar surface area (TPSA) is 31.5 Å². The maximum Gasteiger partial charge on any atom is 2.00 e. The summed E-state index contributed by atoms with van der Waals surface area (Å²) in [6, 6.07) is 0. The molecule has 0 fully saturated rings. The van der Waals surface area contributed by atoms with Crippen LogP contribution >= 0.6 is 0 Å². The van der Waals surface area contributed by atoms with Gasteiger partial charge in [0.1, 0.15) is 0 Å². The van der Waals surface area contributed by atoms with Crippen molar-refractivity contribution >= 4 is 48.9 Å². The van der Waals surface area contributed by atoms with Gasteiger partial charge in [-0.15, -0.1) is 0 Å². The SMILES string of the molecule is O.[Ba+2].[Fe].[H-].[H-].[Zr]. The fourth-order valence-electron chi connectivity index (χ4n) is 0. The maximum absolute atomic E-state index is 0. The number of rotatable bonds is 0. The first-order valence-electron chi connectivity index (χ1n) is 0. The van der Waals surface area contributed by atoms with Crippen LogP contribution < -0.4 is 0 Å². The van der Waals surface area contributed by atoms with Crippen LogP contribution in [0.3, 0.4) is 0 Å². The van der Waals surface area contributed by atoms with E-state index in [9.17, 15) is 0 Å². The molecule has 0 aromatic heterocycles. The summed E-state index contributed by atoms with van der Waals surface area (Å²) >= 11 is 0. The van der Waals surface area contributed by atoms with E-state index in [1.807, 2.05) is 0 Å². The summed E-state index contributed by atoms with van der Waals surface area (Å²) in [6.07, 6.45) is 0. The molecular formula is H4BaFeOZr. The van der Waals surface area contributed by atoms with Crippen molar-refractivity contribution in [2.24, 2.45) is 0 Å². The minimum absolute atomic E-state index is 0. The van der Waals surface area contributed by atoms with Crippen LogP contribution in [0.25, 0.3) is 0 Å². The van der Waals surface area contributed by atoms with Gasteiger partial charge in [-0.3, -0.25) is 0 Å². The first kappa shape index (κ1) is 28.4. The van der Waals surface area contributed by atoms with E-state index in [4.69, 9.17) is 0 Å². The monoisotopic (exact) mass is 304 g/mol. The summed E-state index contributed by atoms with van der Waals surface area (Å²) < 4.78 is 0. The average Bonchev–Trinajstić information content (AvgIpc) is 0. The average molecular weight is 304 g/mol. The Balaban J connectivity index is 0. The van der Waals surface area contributed by atoms with Gasteiger partial charge in [0.15, 0.2) is 0 Å². The summed E-state index contributed by atoms with van der Waals surface area (Å²) in [4.78, 5) is 0. The van der Waals surface area contributed by atoms with Gasteiger partial charge in [0.25, 0.3) is 0 Å². The molecule has 4 heavy (non-hydrogen) atoms. The van der Waals surface area contributed by atoms with Crippen LogP contribution in [0.4, 0.5) is 0 Å². The minimum atomic E-state index is 0. The third-order valence-electron chi connectivity index (χ3n) is 0. The van der Waals surface area contributed by atoms with E-state index in [0.29, 0.717) is 0 Å². The normalized spacial score (nSPS) is 0. The molecule has 0 saturated heterocycles. The molecule has 0 atom stereocenters. The van der Waals surface area contributed by atoms with E-state index in [0.717, 1.165) is 0 Å². The standard InChI is InChI=1S/Ba.Fe.H2O.Zr.2H/h;;1H2;;;/q+2;;;;2*-1. The second-order valence-electron chi connectivity index (χ2n) is 0. The molecule has 2 N–H and O–H groups in total. The zero-order valence-corrected chi connectivity index (χ0v) is 10.1. The number of hydrogen-bond donors (Lipinski definition) is 0. The second-order valence-corrected chi connectivity index (χ2v) is 0. The van der Waals surface area contributed by atoms with Gasteiger partial charge < -0.3 is 8.33 Å². The molecular weight excluding hydrogens is 300 g/mol. The first-order valence-corrected chi connectivity index (χ1v) is 0. The molecule has 0 unspecified atom stereocenters. The van der Waals surface area contributed by atoms with E-state index < -0.39 is 0 Å². The van der Waals surface area contributed by atoms with E-state index in [2.05, 4.69) is 0 Å². The van der Waals surface area contributed by atoms with Crippen LogP contribution in [0, 0.1) is 0 Å². The summed E-state index contributed by atoms with van der Waals surface area (Å²) in [7, 11) is 0. The molecule has 0 aliphatic carbocycles. The van der Waals surface area contributed by atoms with Gasteiger partial charge >= 0.3 is 48.9 Å². The zero-order chi connectivity index (χ0) is 0. The maximum atomic E-state index is 0. The molecule has 0 spiro atoms. The van der Waals surface area contributed by atoms with Gasteiger partial charge in [0.05, 0.1) is 0 Å². The molecule has 0 aromatic rings. The smallest absolute Gasteiger partial charge is 1.00 e. The first-order chi connectivity index (χ1) is 0. The van der Waals surface area contributed by atoms with Gasteiger partial charge in [0, 0.05) is 43.3 Å². The van der Waals surface area contributed by atoms with E-state index in [-0.39, 0.29) is 100 Å². The molecule has 0 amide bonds. The Morgan fingerprint density at radius 1 is 1.25 bits per heavy atom. The van der Waals surface area contributed by atoms with Crippen molar-refractivity contribution in [2.75, 3.05) is 0 Å². The van der Waals surface area contributed by atoms with Crippen LogP contribution in [-0.2, 0) is 43.3 Å². The van der Waals surface area contributed by atoms with Gasteiger partial charge in [-0.1, -0.05) is 0 Å². The number of hydrogen-bond acceptors (Lipinski definition) is 0. The van der Waals surface area contributed by atoms with Gasteiger partial charge in [-0.2, -0.15) is 0 Å². The molecule has 4 heteroatoms. The predicted octanol–water partition coefficient (Wildman–Crippen LogP) is -0.986. The van der Waals surface area contributed by atoms with Crippen molar-refractivity contribution in [3.63, 3.8) is 0 Å². The van der Waals surface area contributed by atoms with E-state index >= 15 is 0 Å². The summed E-state index contributed by atoms with van der Waals surface area (Å²) in [6.45, 7) is 0. The van der Waals surface area contributed by atoms with Crippen molar-refractivity contribution in [2.45, 2.75) is 0 Å². The summed E-state index contributed by atoms with van der Waals surface area (Å²) in [5, 5.41) is 0. The molecule has 24 valence electrons. The third kappa shape index (κ3) is 8.87. The Kier molecular flexibility index (Phi) is 119. The zero-order valence-electron chi connectivity index (χ0n) is 4.06. The van der Waals surface area contributed by atoms with Crippen molar-refractivity contribution < 1.29 is 51.6 Å². The second kappa shape index (κ2) is 16.8. The quantitative estimate of drug-likeness (QED) is 0.515. The van der Waals surface area contributed by atoms with Crippen molar-refractivity contribution in [3.8, 4) is 0 Å². The van der Waals surface area contributed by atoms with Crippen LogP contribution in [0.15, 0.2) is 0 Å². The molecule has 0 rings (SSSR count). The van der Waals surface area contributed by atoms with Crippen molar-refractivity contribution in [1.29, 1.82) is 0 Å². The Morgan fingerprint density at radius 3 is 1.25 bits per heavy atom. The molecule has 0 aliphatic rings. The molecule has 0 aliphatic heterocycles. The van der Waals surface area contributed by atoms with Gasteiger partial charge in [-0.25, -0.2) is 0 Å². The largest absolute Gasteiger partial charge is 2.00 e. The van der Waals surface area contributed by atoms with Crippen LogP contribution in [-0.4, -0.2) is 54.4 Å². The Bertz CT molecular complexity index is 13.5. The fourth-order valence-corrected chi connectivity index (χ4v) is 0. The van der Waals surface area contributed by atoms with Crippen LogP contribution in [0.2, 0.25) is 0 Å². The van der Waals surface area contributed by atoms with Crippen LogP contribution in [0.5, 0.6) is 0 Å². The third-order valence-corrected chi connectivity index (χ3v) is 0. The van der Waals surface area contributed by atoms with Crippen LogP contribution in [0.1, 0.15) is 2.85 Å². The van der Waals surface area contributed by atoms with E-state index in [1.54, 1.807) is 0 Å². The molecule has 0 saturated carbocycles. The summed E-state index contributed by atoms with van der Waals surface area (Å²) in [5.74, 6) is 0. The summed E-state index contributed by atoms with van der Waals surface area (Å²) in [5.41, 5.74) is 0. The predicted molar refractivity (Wildman–Crippen MR) is 11.6 cm³/mol.